The maximum Gasteiger partial charge on any atom is 0.119 e. The topological polar surface area (TPSA) is 9.23 Å². The molecule has 1 fully saturated rings. The second kappa shape index (κ2) is 4.58. The number of hydrogen-bond donors (Lipinski definition) is 0. The molecule has 0 aliphatic carbocycles. The van der Waals surface area contributed by atoms with Crippen molar-refractivity contribution < 1.29 is 4.74 Å². The fourth-order valence-electron chi connectivity index (χ4n) is 2.87. The van der Waals surface area contributed by atoms with Crippen molar-refractivity contribution in [1.82, 2.24) is 0 Å². The Balaban J connectivity index is 2.11. The van der Waals surface area contributed by atoms with Crippen LogP contribution in [0.1, 0.15) is 30.9 Å². The average molecular weight is 238 g/mol. The van der Waals surface area contributed by atoms with E-state index < -0.39 is 0 Å². The van der Waals surface area contributed by atoms with Crippen LogP contribution >= 0.6 is 0 Å². The Morgan fingerprint density at radius 3 is 1.78 bits per heavy atom. The fraction of sp³-hybridized carbons (Fsp3) is 0.294. The minimum Gasteiger partial charge on any atom is -0.363 e. The largest absolute Gasteiger partial charge is 0.363 e. The third-order valence-corrected chi connectivity index (χ3v) is 3.79. The average Bonchev–Trinajstić information content (AvgIpc) is 2.84. The van der Waals surface area contributed by atoms with E-state index in [2.05, 4.69) is 67.6 Å². The van der Waals surface area contributed by atoms with Crippen LogP contribution in [0.4, 0.5) is 0 Å². The molecule has 18 heavy (non-hydrogen) atoms. The molecule has 1 atom stereocenters. The molecule has 0 amide bonds. The van der Waals surface area contributed by atoms with Crippen molar-refractivity contribution in [1.29, 1.82) is 0 Å². The predicted molar refractivity (Wildman–Crippen MR) is 73.4 cm³/mol. The Morgan fingerprint density at radius 1 is 0.889 bits per heavy atom. The zero-order chi connectivity index (χ0) is 12.4. The van der Waals surface area contributed by atoms with Crippen molar-refractivity contribution in [3.63, 3.8) is 0 Å². The highest BCUT2D eigenvalue weighted by molar-refractivity contribution is 5.37. The number of benzene rings is 2. The first-order chi connectivity index (χ1) is 8.81. The SMILES string of the molecule is C[C@@H]1CCC(c2ccccc2)(c2ccccc2)O1. The van der Waals surface area contributed by atoms with Crippen molar-refractivity contribution in [3.05, 3.63) is 71.8 Å². The molecular weight excluding hydrogens is 220 g/mol. The molecule has 0 bridgehead atoms. The third kappa shape index (κ3) is 1.85. The highest BCUT2D eigenvalue weighted by atomic mass is 16.5. The molecule has 1 nitrogen and oxygen atoms in total. The van der Waals surface area contributed by atoms with Gasteiger partial charge in [-0.05, 0) is 30.9 Å². The Morgan fingerprint density at radius 2 is 1.39 bits per heavy atom. The minimum absolute atomic E-state index is 0.248. The van der Waals surface area contributed by atoms with E-state index in [-0.39, 0.29) is 5.60 Å². The second-order valence-corrected chi connectivity index (χ2v) is 5.03. The van der Waals surface area contributed by atoms with Crippen LogP contribution in [-0.4, -0.2) is 6.10 Å². The van der Waals surface area contributed by atoms with Crippen LogP contribution in [0.15, 0.2) is 60.7 Å². The van der Waals surface area contributed by atoms with E-state index in [0.29, 0.717) is 6.10 Å². The number of rotatable bonds is 2. The van der Waals surface area contributed by atoms with Gasteiger partial charge in [0, 0.05) is 0 Å². The molecular formula is C17H18O. The Bertz CT molecular complexity index is 464. The molecule has 0 saturated carbocycles. The monoisotopic (exact) mass is 238 g/mol. The molecule has 0 unspecified atom stereocenters. The van der Waals surface area contributed by atoms with Crippen LogP contribution < -0.4 is 0 Å². The molecule has 0 spiro atoms. The van der Waals surface area contributed by atoms with E-state index in [1.807, 2.05) is 0 Å². The zero-order valence-corrected chi connectivity index (χ0v) is 10.7. The van der Waals surface area contributed by atoms with Crippen molar-refractivity contribution in [3.8, 4) is 0 Å². The molecule has 1 aliphatic rings. The summed E-state index contributed by atoms with van der Waals surface area (Å²) in [6, 6.07) is 21.2. The van der Waals surface area contributed by atoms with Crippen molar-refractivity contribution in [2.45, 2.75) is 31.5 Å². The van der Waals surface area contributed by atoms with Gasteiger partial charge in [-0.15, -0.1) is 0 Å². The normalized spacial score (nSPS) is 21.9. The molecule has 2 aromatic carbocycles. The van der Waals surface area contributed by atoms with Crippen LogP contribution in [0.25, 0.3) is 0 Å². The first-order valence-corrected chi connectivity index (χ1v) is 6.60. The first-order valence-electron chi connectivity index (χ1n) is 6.60. The van der Waals surface area contributed by atoms with Crippen molar-refractivity contribution in [2.24, 2.45) is 0 Å². The lowest BCUT2D eigenvalue weighted by Gasteiger charge is -2.30. The lowest BCUT2D eigenvalue weighted by molar-refractivity contribution is -0.00806. The molecule has 1 heterocycles. The third-order valence-electron chi connectivity index (χ3n) is 3.79. The minimum atomic E-state index is -0.248. The van der Waals surface area contributed by atoms with Gasteiger partial charge in [0.15, 0.2) is 0 Å². The molecule has 0 N–H and O–H groups in total. The van der Waals surface area contributed by atoms with Crippen LogP contribution in [-0.2, 0) is 10.3 Å². The Labute approximate surface area is 108 Å². The molecule has 1 heteroatoms. The summed E-state index contributed by atoms with van der Waals surface area (Å²) in [5, 5.41) is 0. The molecule has 1 aliphatic heterocycles. The summed E-state index contributed by atoms with van der Waals surface area (Å²) in [5.41, 5.74) is 2.28. The lowest BCUT2D eigenvalue weighted by Crippen LogP contribution is -2.27. The summed E-state index contributed by atoms with van der Waals surface area (Å²) in [4.78, 5) is 0. The maximum atomic E-state index is 6.32. The summed E-state index contributed by atoms with van der Waals surface area (Å²) in [7, 11) is 0. The van der Waals surface area contributed by atoms with E-state index in [0.717, 1.165) is 12.8 Å². The van der Waals surface area contributed by atoms with E-state index in [1.54, 1.807) is 0 Å². The van der Waals surface area contributed by atoms with Gasteiger partial charge >= 0.3 is 0 Å². The number of hydrogen-bond acceptors (Lipinski definition) is 1. The van der Waals surface area contributed by atoms with Crippen molar-refractivity contribution in [2.75, 3.05) is 0 Å². The van der Waals surface area contributed by atoms with Crippen LogP contribution in [0.5, 0.6) is 0 Å². The van der Waals surface area contributed by atoms with E-state index >= 15 is 0 Å². The molecule has 0 aromatic heterocycles. The molecule has 2 aromatic rings. The Kier molecular flexibility index (Phi) is 2.92. The van der Waals surface area contributed by atoms with Crippen molar-refractivity contribution >= 4 is 0 Å². The van der Waals surface area contributed by atoms with Crippen LogP contribution in [0, 0.1) is 0 Å². The summed E-state index contributed by atoms with van der Waals surface area (Å²) in [6.07, 6.45) is 2.50. The maximum absolute atomic E-state index is 6.32. The van der Waals surface area contributed by atoms with E-state index in [4.69, 9.17) is 4.74 Å². The van der Waals surface area contributed by atoms with Gasteiger partial charge in [-0.3, -0.25) is 0 Å². The van der Waals surface area contributed by atoms with Gasteiger partial charge in [0.2, 0.25) is 0 Å². The number of ether oxygens (including phenoxy) is 1. The summed E-state index contributed by atoms with van der Waals surface area (Å²) < 4.78 is 6.32. The molecule has 92 valence electrons. The summed E-state index contributed by atoms with van der Waals surface area (Å²) in [6.45, 7) is 2.16. The molecule has 3 rings (SSSR count). The van der Waals surface area contributed by atoms with Gasteiger partial charge < -0.3 is 4.74 Å². The summed E-state index contributed by atoms with van der Waals surface area (Å²) >= 11 is 0. The molecule has 0 radical (unpaired) electrons. The van der Waals surface area contributed by atoms with Crippen LogP contribution in [0.2, 0.25) is 0 Å². The lowest BCUT2D eigenvalue weighted by atomic mass is 9.84. The Hall–Kier alpha value is -1.60. The zero-order valence-electron chi connectivity index (χ0n) is 10.7. The highest BCUT2D eigenvalue weighted by Gasteiger charge is 2.41. The predicted octanol–water partition coefficient (Wildman–Crippen LogP) is 4.13. The van der Waals surface area contributed by atoms with Gasteiger partial charge in [0.1, 0.15) is 5.60 Å². The molecule has 1 saturated heterocycles. The fourth-order valence-corrected chi connectivity index (χ4v) is 2.87. The first kappa shape index (κ1) is 11.5. The van der Waals surface area contributed by atoms with Gasteiger partial charge in [-0.2, -0.15) is 0 Å². The van der Waals surface area contributed by atoms with Gasteiger partial charge in [-0.25, -0.2) is 0 Å². The van der Waals surface area contributed by atoms with E-state index in [1.165, 1.54) is 11.1 Å². The van der Waals surface area contributed by atoms with Gasteiger partial charge in [0.05, 0.1) is 6.10 Å². The standard InChI is InChI=1S/C17H18O/c1-14-12-13-17(18-14,15-8-4-2-5-9-15)16-10-6-3-7-11-16/h2-11,14H,12-13H2,1H3/t14-/m1/s1. The highest BCUT2D eigenvalue weighted by Crippen LogP contribution is 2.44. The van der Waals surface area contributed by atoms with E-state index in [9.17, 15) is 0 Å². The van der Waals surface area contributed by atoms with Gasteiger partial charge in [-0.1, -0.05) is 60.7 Å². The summed E-state index contributed by atoms with van der Waals surface area (Å²) in [5.74, 6) is 0. The van der Waals surface area contributed by atoms with Crippen LogP contribution in [0.3, 0.4) is 0 Å². The van der Waals surface area contributed by atoms with Gasteiger partial charge in [0.25, 0.3) is 0 Å². The second-order valence-electron chi connectivity index (χ2n) is 5.03. The quantitative estimate of drug-likeness (QED) is 0.764. The smallest absolute Gasteiger partial charge is 0.119 e.